The van der Waals surface area contributed by atoms with Gasteiger partial charge >= 0.3 is 0 Å². The number of carbonyl (C=O) groups excluding carboxylic acids is 1. The van der Waals surface area contributed by atoms with Crippen molar-refractivity contribution in [3.63, 3.8) is 0 Å². The number of primary amides is 1. The normalized spacial score (nSPS) is 21.3. The number of aliphatic hydroxyl groups excluding tert-OH is 2. The summed E-state index contributed by atoms with van der Waals surface area (Å²) in [5, 5.41) is 25.5. The Morgan fingerprint density at radius 3 is 2.05 bits per heavy atom. The van der Waals surface area contributed by atoms with Crippen LogP contribution < -0.4 is 10.5 Å². The van der Waals surface area contributed by atoms with E-state index in [-0.39, 0.29) is 12.4 Å². The first-order valence-corrected chi connectivity index (χ1v) is 12.1. The zero-order valence-electron chi connectivity index (χ0n) is 20.6. The summed E-state index contributed by atoms with van der Waals surface area (Å²) >= 11 is 0. The van der Waals surface area contributed by atoms with Crippen LogP contribution in [0.5, 0.6) is 5.75 Å². The molecule has 10 nitrogen and oxygen atoms in total. The number of aliphatic hydroxyl groups is 2. The van der Waals surface area contributed by atoms with Gasteiger partial charge in [0.05, 0.1) is 13.7 Å². The lowest BCUT2D eigenvalue weighted by atomic mass is 9.80. The van der Waals surface area contributed by atoms with Crippen molar-refractivity contribution in [2.75, 3.05) is 13.7 Å². The molecule has 0 aliphatic carbocycles. The number of amides is 1. The van der Waals surface area contributed by atoms with E-state index in [1.165, 1.54) is 11.0 Å². The Kier molecular flexibility index (Phi) is 7.21. The Hall–Kier alpha value is -4.09. The number of methoxy groups -OCH3 is 1. The molecule has 1 saturated heterocycles. The number of hydrogen-bond donors (Lipinski definition) is 3. The third kappa shape index (κ3) is 4.66. The maximum absolute atomic E-state index is 11.4. The number of hydrogen-bond acceptors (Lipinski definition) is 8. The van der Waals surface area contributed by atoms with Gasteiger partial charge in [0, 0.05) is 0 Å². The number of ether oxygens (including phenoxy) is 3. The SMILES string of the molecule is COc1ccc(C(OC[C@H]2O[C@@H](n3cnc(C(N)=O)n3)C(O)C2O)(c2ccccc2)c2ccccc2)cc1. The van der Waals surface area contributed by atoms with Gasteiger partial charge < -0.3 is 30.2 Å². The van der Waals surface area contributed by atoms with Crippen molar-refractivity contribution < 1.29 is 29.2 Å². The van der Waals surface area contributed by atoms with E-state index in [0.717, 1.165) is 16.7 Å². The van der Waals surface area contributed by atoms with E-state index in [1.807, 2.05) is 84.9 Å². The molecule has 0 spiro atoms. The van der Waals surface area contributed by atoms with Crippen LogP contribution in [0.1, 0.15) is 33.5 Å². The Morgan fingerprint density at radius 1 is 0.947 bits per heavy atom. The lowest BCUT2D eigenvalue weighted by molar-refractivity contribution is -0.0975. The summed E-state index contributed by atoms with van der Waals surface area (Å²) in [6.45, 7) is -0.0814. The summed E-state index contributed by atoms with van der Waals surface area (Å²) in [4.78, 5) is 15.2. The minimum atomic E-state index is -1.34. The second-order valence-corrected chi connectivity index (χ2v) is 8.91. The maximum atomic E-state index is 11.4. The second-order valence-electron chi connectivity index (χ2n) is 8.91. The van der Waals surface area contributed by atoms with Crippen LogP contribution >= 0.6 is 0 Å². The van der Waals surface area contributed by atoms with Crippen LogP contribution in [-0.4, -0.2) is 62.9 Å². The molecule has 1 aliphatic heterocycles. The Balaban J connectivity index is 1.51. The van der Waals surface area contributed by atoms with Crippen molar-refractivity contribution in [3.8, 4) is 5.75 Å². The molecule has 0 saturated carbocycles. The molecule has 2 unspecified atom stereocenters. The van der Waals surface area contributed by atoms with Crippen LogP contribution in [0.3, 0.4) is 0 Å². The summed E-state index contributed by atoms with van der Waals surface area (Å²) < 4.78 is 19.2. The van der Waals surface area contributed by atoms with Gasteiger partial charge in [-0.3, -0.25) is 4.79 Å². The third-order valence-corrected chi connectivity index (χ3v) is 6.65. The first-order valence-electron chi connectivity index (χ1n) is 12.1. The molecule has 4 atom stereocenters. The fourth-order valence-corrected chi connectivity index (χ4v) is 4.72. The zero-order chi connectivity index (χ0) is 26.7. The summed E-state index contributed by atoms with van der Waals surface area (Å²) in [5.41, 5.74) is 6.72. The highest BCUT2D eigenvalue weighted by Crippen LogP contribution is 2.42. The molecule has 1 fully saturated rings. The van der Waals surface area contributed by atoms with Gasteiger partial charge in [0.15, 0.2) is 6.23 Å². The maximum Gasteiger partial charge on any atom is 0.288 e. The molecule has 1 amide bonds. The molecule has 5 rings (SSSR count). The smallest absolute Gasteiger partial charge is 0.288 e. The van der Waals surface area contributed by atoms with Crippen LogP contribution in [0.2, 0.25) is 0 Å². The Labute approximate surface area is 219 Å². The van der Waals surface area contributed by atoms with Gasteiger partial charge in [-0.25, -0.2) is 9.67 Å². The van der Waals surface area contributed by atoms with Crippen molar-refractivity contribution in [1.29, 1.82) is 0 Å². The molecule has 38 heavy (non-hydrogen) atoms. The summed E-state index contributed by atoms with van der Waals surface area (Å²) in [5.74, 6) is -0.333. The third-order valence-electron chi connectivity index (χ3n) is 6.65. The van der Waals surface area contributed by atoms with Gasteiger partial charge in [-0.05, 0) is 28.8 Å². The van der Waals surface area contributed by atoms with E-state index in [2.05, 4.69) is 10.1 Å². The van der Waals surface area contributed by atoms with E-state index < -0.39 is 36.0 Å². The molecule has 4 aromatic rings. The predicted octanol–water partition coefficient (Wildman–Crippen LogP) is 2.01. The highest BCUT2D eigenvalue weighted by atomic mass is 16.6. The van der Waals surface area contributed by atoms with Gasteiger partial charge in [0.25, 0.3) is 5.91 Å². The van der Waals surface area contributed by atoms with Gasteiger partial charge in [0.2, 0.25) is 5.82 Å². The summed E-state index contributed by atoms with van der Waals surface area (Å²) in [7, 11) is 1.61. The fraction of sp³-hybridized carbons (Fsp3) is 0.250. The molecular formula is C28H28N4O6. The second kappa shape index (κ2) is 10.7. The van der Waals surface area contributed by atoms with E-state index in [9.17, 15) is 15.0 Å². The van der Waals surface area contributed by atoms with Crippen molar-refractivity contribution in [2.24, 2.45) is 5.73 Å². The molecule has 1 aliphatic rings. The predicted molar refractivity (Wildman–Crippen MR) is 136 cm³/mol. The highest BCUT2D eigenvalue weighted by Gasteiger charge is 2.46. The number of nitrogens with zero attached hydrogens (tertiary/aromatic N) is 3. The fourth-order valence-electron chi connectivity index (χ4n) is 4.72. The van der Waals surface area contributed by atoms with Gasteiger partial charge in [0.1, 0.15) is 36.0 Å². The van der Waals surface area contributed by atoms with Crippen LogP contribution in [0.15, 0.2) is 91.3 Å². The summed E-state index contributed by atoms with van der Waals surface area (Å²) in [6, 6.07) is 27.1. The zero-order valence-corrected chi connectivity index (χ0v) is 20.6. The quantitative estimate of drug-likeness (QED) is 0.287. The van der Waals surface area contributed by atoms with E-state index >= 15 is 0 Å². The molecular weight excluding hydrogens is 488 g/mol. The topological polar surface area (TPSA) is 142 Å². The molecule has 0 bridgehead atoms. The molecule has 2 heterocycles. The van der Waals surface area contributed by atoms with Crippen LogP contribution in [-0.2, 0) is 15.1 Å². The Bertz CT molecular complexity index is 1320. The monoisotopic (exact) mass is 516 g/mol. The average molecular weight is 517 g/mol. The van der Waals surface area contributed by atoms with Crippen LogP contribution in [0.25, 0.3) is 0 Å². The first-order chi connectivity index (χ1) is 18.4. The molecule has 196 valence electrons. The van der Waals surface area contributed by atoms with Crippen LogP contribution in [0.4, 0.5) is 0 Å². The van der Waals surface area contributed by atoms with Gasteiger partial charge in [-0.1, -0.05) is 72.8 Å². The van der Waals surface area contributed by atoms with Crippen molar-refractivity contribution in [2.45, 2.75) is 30.1 Å². The number of rotatable bonds is 9. The van der Waals surface area contributed by atoms with Gasteiger partial charge in [-0.15, -0.1) is 5.10 Å². The van der Waals surface area contributed by atoms with E-state index in [0.29, 0.717) is 5.75 Å². The largest absolute Gasteiger partial charge is 0.497 e. The highest BCUT2D eigenvalue weighted by molar-refractivity contribution is 5.88. The molecule has 0 radical (unpaired) electrons. The number of nitrogens with two attached hydrogens (primary N) is 1. The molecule has 3 aromatic carbocycles. The molecule has 4 N–H and O–H groups in total. The first kappa shape index (κ1) is 25.6. The van der Waals surface area contributed by atoms with Crippen molar-refractivity contribution in [1.82, 2.24) is 14.8 Å². The Morgan fingerprint density at radius 2 is 1.53 bits per heavy atom. The van der Waals surface area contributed by atoms with Crippen molar-refractivity contribution >= 4 is 5.91 Å². The van der Waals surface area contributed by atoms with Gasteiger partial charge in [-0.2, -0.15) is 0 Å². The van der Waals surface area contributed by atoms with Crippen molar-refractivity contribution in [3.05, 3.63) is 114 Å². The lowest BCUT2D eigenvalue weighted by Crippen LogP contribution is -2.39. The number of aromatic nitrogens is 3. The molecule has 1 aromatic heterocycles. The minimum Gasteiger partial charge on any atom is -0.497 e. The number of benzene rings is 3. The standard InChI is InChI=1S/C28H28N4O6/c1-36-21-14-12-20(13-15-21)28(18-8-4-2-5-9-18,19-10-6-3-7-11-19)37-16-22-23(33)24(34)27(38-22)32-17-30-26(31-32)25(29)35/h2-15,17,22-24,27,33-34H,16H2,1H3,(H2,29,35)/t22-,23?,24?,27-/m1/s1. The lowest BCUT2D eigenvalue weighted by Gasteiger charge is -2.37. The minimum absolute atomic E-state index is 0.0814. The average Bonchev–Trinajstić information content (AvgIpc) is 3.56. The van der Waals surface area contributed by atoms with Crippen LogP contribution in [0, 0.1) is 0 Å². The number of carbonyl (C=O) groups is 1. The molecule has 10 heteroatoms. The van der Waals surface area contributed by atoms with E-state index in [1.54, 1.807) is 7.11 Å². The van der Waals surface area contributed by atoms with E-state index in [4.69, 9.17) is 19.9 Å². The summed E-state index contributed by atoms with van der Waals surface area (Å²) in [6.07, 6.45) is -3.40.